The highest BCUT2D eigenvalue weighted by atomic mass is 16.2. The fraction of sp³-hybridized carbons (Fsp3) is 0.450. The summed E-state index contributed by atoms with van der Waals surface area (Å²) in [5, 5.41) is 13.8. The van der Waals surface area contributed by atoms with Gasteiger partial charge in [0.1, 0.15) is 0 Å². The van der Waals surface area contributed by atoms with Crippen LogP contribution in [0.5, 0.6) is 0 Å². The number of hydrogen-bond acceptors (Lipinski definition) is 3. The predicted octanol–water partition coefficient (Wildman–Crippen LogP) is 1.50. The molecule has 1 aliphatic carbocycles. The molecule has 144 valence electrons. The van der Waals surface area contributed by atoms with E-state index in [9.17, 15) is 4.79 Å². The average molecular weight is 368 g/mol. The third-order valence-corrected chi connectivity index (χ3v) is 4.34. The summed E-state index contributed by atoms with van der Waals surface area (Å²) >= 11 is 0. The van der Waals surface area contributed by atoms with Crippen molar-refractivity contribution in [2.75, 3.05) is 26.2 Å². The van der Waals surface area contributed by atoms with Crippen LogP contribution in [0.3, 0.4) is 0 Å². The number of aliphatic imine (C=N–C) groups is 1. The summed E-state index contributed by atoms with van der Waals surface area (Å²) in [6, 6.07) is 10.1. The molecule has 0 aliphatic heterocycles. The number of rotatable bonds is 9. The van der Waals surface area contributed by atoms with E-state index in [1.54, 1.807) is 0 Å². The standard InChI is InChI=1S/C20H28N6O/c1-2-21-20(24-13-12-22-19(27)17-8-9-17)23-11-10-16-14-25-26(15-16)18-6-4-3-5-7-18/h3-7,14-15,17H,2,8-13H2,1H3,(H,22,27)(H2,21,23,24). The maximum absolute atomic E-state index is 11.6. The summed E-state index contributed by atoms with van der Waals surface area (Å²) < 4.78 is 1.88. The molecule has 1 heterocycles. The second-order valence-corrected chi connectivity index (χ2v) is 6.63. The summed E-state index contributed by atoms with van der Waals surface area (Å²) in [4.78, 5) is 16.2. The largest absolute Gasteiger partial charge is 0.357 e. The molecule has 3 rings (SSSR count). The van der Waals surface area contributed by atoms with Gasteiger partial charge in [0, 0.05) is 38.3 Å². The lowest BCUT2D eigenvalue weighted by Gasteiger charge is -2.11. The molecule has 1 aliphatic rings. The van der Waals surface area contributed by atoms with Crippen LogP contribution >= 0.6 is 0 Å². The van der Waals surface area contributed by atoms with Gasteiger partial charge in [-0.25, -0.2) is 4.68 Å². The van der Waals surface area contributed by atoms with Gasteiger partial charge in [-0.15, -0.1) is 0 Å². The minimum absolute atomic E-state index is 0.175. The van der Waals surface area contributed by atoms with Gasteiger partial charge in [-0.3, -0.25) is 9.79 Å². The molecule has 7 nitrogen and oxygen atoms in total. The lowest BCUT2D eigenvalue weighted by atomic mass is 10.2. The smallest absolute Gasteiger partial charge is 0.223 e. The lowest BCUT2D eigenvalue weighted by molar-refractivity contribution is -0.122. The molecule has 1 aromatic heterocycles. The van der Waals surface area contributed by atoms with Crippen molar-refractivity contribution in [2.45, 2.75) is 26.2 Å². The highest BCUT2D eigenvalue weighted by Crippen LogP contribution is 2.28. The number of carbonyl (C=O) groups excluding carboxylic acids is 1. The predicted molar refractivity (Wildman–Crippen MR) is 107 cm³/mol. The van der Waals surface area contributed by atoms with E-state index in [-0.39, 0.29) is 11.8 Å². The van der Waals surface area contributed by atoms with Crippen LogP contribution in [-0.4, -0.2) is 47.8 Å². The van der Waals surface area contributed by atoms with Crippen LogP contribution in [0.2, 0.25) is 0 Å². The number of amides is 1. The van der Waals surface area contributed by atoms with Crippen LogP contribution in [0.1, 0.15) is 25.3 Å². The SMILES string of the molecule is CCNC(=NCCc1cnn(-c2ccccc2)c1)NCCNC(=O)C1CC1. The number of carbonyl (C=O) groups is 1. The third kappa shape index (κ3) is 6.13. The van der Waals surface area contributed by atoms with E-state index in [1.807, 2.05) is 54.3 Å². The fourth-order valence-corrected chi connectivity index (χ4v) is 2.71. The number of aromatic nitrogens is 2. The summed E-state index contributed by atoms with van der Waals surface area (Å²) in [6.07, 6.45) is 6.81. The van der Waals surface area contributed by atoms with Crippen molar-refractivity contribution in [1.29, 1.82) is 0 Å². The van der Waals surface area contributed by atoms with E-state index in [0.717, 1.165) is 43.0 Å². The normalized spacial score (nSPS) is 14.0. The average Bonchev–Trinajstić information content (AvgIpc) is 3.44. The number of nitrogens with zero attached hydrogens (tertiary/aromatic N) is 3. The molecule has 0 radical (unpaired) electrons. The van der Waals surface area contributed by atoms with E-state index < -0.39 is 0 Å². The number of hydrogen-bond donors (Lipinski definition) is 3. The number of guanidine groups is 1. The summed E-state index contributed by atoms with van der Waals surface area (Å²) in [6.45, 7) is 4.78. The van der Waals surface area contributed by atoms with Crippen molar-refractivity contribution in [2.24, 2.45) is 10.9 Å². The minimum atomic E-state index is 0.175. The Morgan fingerprint density at radius 2 is 1.96 bits per heavy atom. The van der Waals surface area contributed by atoms with E-state index in [0.29, 0.717) is 19.6 Å². The van der Waals surface area contributed by atoms with Crippen molar-refractivity contribution in [1.82, 2.24) is 25.7 Å². The van der Waals surface area contributed by atoms with Crippen LogP contribution in [0, 0.1) is 5.92 Å². The Hall–Kier alpha value is -2.83. The van der Waals surface area contributed by atoms with Crippen LogP contribution in [-0.2, 0) is 11.2 Å². The van der Waals surface area contributed by atoms with Gasteiger partial charge in [0.15, 0.2) is 5.96 Å². The first-order valence-corrected chi connectivity index (χ1v) is 9.65. The molecule has 1 amide bonds. The number of benzene rings is 1. The number of nitrogens with one attached hydrogen (secondary N) is 3. The Bertz CT molecular complexity index is 751. The summed E-state index contributed by atoms with van der Waals surface area (Å²) in [7, 11) is 0. The molecule has 7 heteroatoms. The van der Waals surface area contributed by atoms with Gasteiger partial charge in [-0.05, 0) is 43.9 Å². The van der Waals surface area contributed by atoms with Gasteiger partial charge in [0.25, 0.3) is 0 Å². The Labute approximate surface area is 160 Å². The van der Waals surface area contributed by atoms with Gasteiger partial charge >= 0.3 is 0 Å². The first-order valence-electron chi connectivity index (χ1n) is 9.65. The van der Waals surface area contributed by atoms with E-state index in [4.69, 9.17) is 0 Å². The number of para-hydroxylation sites is 1. The first-order chi connectivity index (χ1) is 13.3. The molecule has 3 N–H and O–H groups in total. The molecule has 0 bridgehead atoms. The van der Waals surface area contributed by atoms with E-state index in [2.05, 4.69) is 26.0 Å². The van der Waals surface area contributed by atoms with E-state index in [1.165, 1.54) is 0 Å². The Kier molecular flexibility index (Phi) is 6.84. The van der Waals surface area contributed by atoms with Crippen LogP contribution in [0.25, 0.3) is 5.69 Å². The van der Waals surface area contributed by atoms with Gasteiger partial charge in [0.05, 0.1) is 11.9 Å². The molecule has 2 aromatic rings. The van der Waals surface area contributed by atoms with Gasteiger partial charge in [0.2, 0.25) is 5.91 Å². The zero-order valence-corrected chi connectivity index (χ0v) is 15.8. The van der Waals surface area contributed by atoms with Crippen LogP contribution in [0.15, 0.2) is 47.7 Å². The molecule has 1 aromatic carbocycles. The Balaban J connectivity index is 1.42. The molecule has 0 unspecified atom stereocenters. The van der Waals surface area contributed by atoms with Gasteiger partial charge in [-0.2, -0.15) is 5.10 Å². The fourth-order valence-electron chi connectivity index (χ4n) is 2.71. The van der Waals surface area contributed by atoms with Crippen molar-refractivity contribution < 1.29 is 4.79 Å². The summed E-state index contributed by atoms with van der Waals surface area (Å²) in [5.74, 6) is 1.20. The molecule has 1 saturated carbocycles. The lowest BCUT2D eigenvalue weighted by Crippen LogP contribution is -2.41. The Morgan fingerprint density at radius 1 is 1.19 bits per heavy atom. The summed E-state index contributed by atoms with van der Waals surface area (Å²) in [5.41, 5.74) is 2.20. The minimum Gasteiger partial charge on any atom is -0.357 e. The van der Waals surface area contributed by atoms with Crippen molar-refractivity contribution in [3.05, 3.63) is 48.3 Å². The molecular formula is C20H28N6O. The van der Waals surface area contributed by atoms with Crippen LogP contribution in [0.4, 0.5) is 0 Å². The van der Waals surface area contributed by atoms with Crippen LogP contribution < -0.4 is 16.0 Å². The molecular weight excluding hydrogens is 340 g/mol. The maximum Gasteiger partial charge on any atom is 0.223 e. The van der Waals surface area contributed by atoms with Crippen molar-refractivity contribution >= 4 is 11.9 Å². The molecule has 0 spiro atoms. The van der Waals surface area contributed by atoms with Crippen molar-refractivity contribution in [3.8, 4) is 5.69 Å². The highest BCUT2D eigenvalue weighted by molar-refractivity contribution is 5.81. The topological polar surface area (TPSA) is 83.3 Å². The quantitative estimate of drug-likeness (QED) is 0.356. The highest BCUT2D eigenvalue weighted by Gasteiger charge is 2.28. The molecule has 0 saturated heterocycles. The molecule has 1 fully saturated rings. The molecule has 0 atom stereocenters. The van der Waals surface area contributed by atoms with Crippen molar-refractivity contribution in [3.63, 3.8) is 0 Å². The first kappa shape index (κ1) is 18.9. The second-order valence-electron chi connectivity index (χ2n) is 6.63. The third-order valence-electron chi connectivity index (χ3n) is 4.34. The zero-order chi connectivity index (χ0) is 18.9. The Morgan fingerprint density at radius 3 is 2.70 bits per heavy atom. The maximum atomic E-state index is 11.6. The van der Waals surface area contributed by atoms with Gasteiger partial charge < -0.3 is 16.0 Å². The monoisotopic (exact) mass is 368 g/mol. The second kappa shape index (κ2) is 9.75. The van der Waals surface area contributed by atoms with Gasteiger partial charge in [-0.1, -0.05) is 18.2 Å². The van der Waals surface area contributed by atoms with E-state index >= 15 is 0 Å². The zero-order valence-electron chi connectivity index (χ0n) is 15.8. The molecule has 27 heavy (non-hydrogen) atoms.